The van der Waals surface area contributed by atoms with Gasteiger partial charge in [-0.3, -0.25) is 4.79 Å². The van der Waals surface area contributed by atoms with Crippen LogP contribution in [0.25, 0.3) is 28.0 Å². The van der Waals surface area contributed by atoms with Gasteiger partial charge in [0.25, 0.3) is 5.91 Å². The molecule has 41 heavy (non-hydrogen) atoms. The van der Waals surface area contributed by atoms with Crippen LogP contribution in [0.3, 0.4) is 0 Å². The summed E-state index contributed by atoms with van der Waals surface area (Å²) >= 11 is 3.52. The molecule has 0 unspecified atom stereocenters. The highest BCUT2D eigenvalue weighted by molar-refractivity contribution is 9.10. The summed E-state index contributed by atoms with van der Waals surface area (Å²) in [6.45, 7) is 0.987. The van der Waals surface area contributed by atoms with Gasteiger partial charge in [-0.25, -0.2) is 4.98 Å². The molecule has 8 heteroatoms. The van der Waals surface area contributed by atoms with Crippen LogP contribution in [0.15, 0.2) is 120 Å². The fourth-order valence-electron chi connectivity index (χ4n) is 4.59. The molecule has 0 bridgehead atoms. The monoisotopic (exact) mass is 603 g/mol. The summed E-state index contributed by atoms with van der Waals surface area (Å²) in [4.78, 5) is 17.4. The summed E-state index contributed by atoms with van der Waals surface area (Å²) in [5.41, 5.74) is 6.83. The zero-order valence-corrected chi connectivity index (χ0v) is 23.5. The first kappa shape index (κ1) is 26.3. The molecule has 7 nitrogen and oxygen atoms in total. The molecule has 202 valence electrons. The van der Waals surface area contributed by atoms with Crippen molar-refractivity contribution in [2.75, 3.05) is 5.32 Å². The molecule has 0 saturated heterocycles. The number of fused-ring (bicyclic) bond motifs is 1. The predicted molar refractivity (Wildman–Crippen MR) is 165 cm³/mol. The normalized spacial score (nSPS) is 11.0. The standard InChI is InChI=1S/C33H26BrN5O2/c34-28-21-37-39-31(18-29(38-32(28)39)27-8-4-5-9-30(27)40)35-19-22-10-12-23(13-11-22)20-36-33(41)26-16-14-25(15-17-26)24-6-2-1-3-7-24/h1-18,21,35,40H,19-20H2,(H,36,41). The van der Waals surface area contributed by atoms with Gasteiger partial charge in [-0.1, -0.05) is 78.9 Å². The number of aromatic nitrogens is 3. The van der Waals surface area contributed by atoms with Crippen LogP contribution in [0.5, 0.6) is 5.75 Å². The Morgan fingerprint density at radius 2 is 1.46 bits per heavy atom. The number of aromatic hydroxyl groups is 1. The molecular weight excluding hydrogens is 578 g/mol. The fourth-order valence-corrected chi connectivity index (χ4v) is 4.94. The van der Waals surface area contributed by atoms with Gasteiger partial charge in [0.1, 0.15) is 11.6 Å². The van der Waals surface area contributed by atoms with E-state index < -0.39 is 0 Å². The maximum Gasteiger partial charge on any atom is 0.251 e. The second-order valence-corrected chi connectivity index (χ2v) is 10.4. The first-order valence-electron chi connectivity index (χ1n) is 13.1. The van der Waals surface area contributed by atoms with Gasteiger partial charge < -0.3 is 15.7 Å². The third kappa shape index (κ3) is 5.83. The van der Waals surface area contributed by atoms with Crippen LogP contribution in [0.2, 0.25) is 0 Å². The number of benzene rings is 4. The van der Waals surface area contributed by atoms with Gasteiger partial charge in [-0.05, 0) is 62.4 Å². The maximum atomic E-state index is 12.7. The van der Waals surface area contributed by atoms with Crippen molar-refractivity contribution < 1.29 is 9.90 Å². The number of amides is 1. The summed E-state index contributed by atoms with van der Waals surface area (Å²) in [5, 5.41) is 21.2. The van der Waals surface area contributed by atoms with Crippen molar-refractivity contribution in [2.45, 2.75) is 13.1 Å². The van der Waals surface area contributed by atoms with Gasteiger partial charge in [0, 0.05) is 30.3 Å². The molecule has 0 fully saturated rings. The number of carbonyl (C=O) groups is 1. The molecule has 4 aromatic carbocycles. The molecule has 0 aliphatic heterocycles. The van der Waals surface area contributed by atoms with E-state index in [1.165, 1.54) is 0 Å². The Kier molecular flexibility index (Phi) is 7.47. The molecule has 6 aromatic rings. The van der Waals surface area contributed by atoms with Gasteiger partial charge >= 0.3 is 0 Å². The minimum absolute atomic E-state index is 0.109. The lowest BCUT2D eigenvalue weighted by molar-refractivity contribution is 0.0951. The number of rotatable bonds is 8. The molecule has 6 rings (SSSR count). The molecule has 2 aromatic heterocycles. The van der Waals surface area contributed by atoms with Crippen molar-refractivity contribution >= 4 is 33.3 Å². The number of hydrogen-bond acceptors (Lipinski definition) is 5. The molecule has 0 spiro atoms. The molecule has 2 heterocycles. The molecular formula is C33H26BrN5O2. The van der Waals surface area contributed by atoms with Crippen molar-refractivity contribution in [3.05, 3.63) is 137 Å². The lowest BCUT2D eigenvalue weighted by Gasteiger charge is -2.12. The van der Waals surface area contributed by atoms with Gasteiger partial charge in [0.05, 0.1) is 16.4 Å². The number of halogens is 1. The van der Waals surface area contributed by atoms with Crippen LogP contribution in [-0.4, -0.2) is 25.6 Å². The number of para-hydroxylation sites is 1. The van der Waals surface area contributed by atoms with Gasteiger partial charge in [0.2, 0.25) is 0 Å². The molecule has 0 atom stereocenters. The summed E-state index contributed by atoms with van der Waals surface area (Å²) in [6, 6.07) is 34.8. The summed E-state index contributed by atoms with van der Waals surface area (Å²) in [5.74, 6) is 0.800. The van der Waals surface area contributed by atoms with E-state index in [-0.39, 0.29) is 11.7 Å². The number of hydrogen-bond donors (Lipinski definition) is 3. The molecule has 0 radical (unpaired) electrons. The second-order valence-electron chi connectivity index (χ2n) is 9.57. The van der Waals surface area contributed by atoms with E-state index in [2.05, 4.69) is 48.8 Å². The highest BCUT2D eigenvalue weighted by Crippen LogP contribution is 2.31. The summed E-state index contributed by atoms with van der Waals surface area (Å²) in [7, 11) is 0. The minimum atomic E-state index is -0.109. The Hall–Kier alpha value is -4.95. The Morgan fingerprint density at radius 1 is 0.805 bits per heavy atom. The van der Waals surface area contributed by atoms with E-state index in [1.54, 1.807) is 22.8 Å². The Labute approximate surface area is 245 Å². The van der Waals surface area contributed by atoms with E-state index in [4.69, 9.17) is 0 Å². The highest BCUT2D eigenvalue weighted by atomic mass is 79.9. The number of phenols is 1. The number of nitrogens with one attached hydrogen (secondary N) is 2. The van der Waals surface area contributed by atoms with Crippen molar-refractivity contribution in [3.8, 4) is 28.1 Å². The zero-order chi connectivity index (χ0) is 28.2. The summed E-state index contributed by atoms with van der Waals surface area (Å²) < 4.78 is 2.49. The minimum Gasteiger partial charge on any atom is -0.507 e. The number of carbonyl (C=O) groups excluding carboxylic acids is 1. The number of nitrogens with zero attached hydrogens (tertiary/aromatic N) is 3. The number of phenolic OH excluding ortho intramolecular Hbond substituents is 1. The van der Waals surface area contributed by atoms with Crippen molar-refractivity contribution in [2.24, 2.45) is 0 Å². The SMILES string of the molecule is O=C(NCc1ccc(CNc2cc(-c3ccccc3O)nc3c(Br)cnn23)cc1)c1ccc(-c2ccccc2)cc1. The van der Waals surface area contributed by atoms with Crippen LogP contribution < -0.4 is 10.6 Å². The predicted octanol–water partition coefficient (Wildman–Crippen LogP) is 7.07. The van der Waals surface area contributed by atoms with E-state index in [1.807, 2.05) is 84.9 Å². The quantitative estimate of drug-likeness (QED) is 0.173. The first-order valence-corrected chi connectivity index (χ1v) is 13.9. The number of anilines is 1. The third-order valence-electron chi connectivity index (χ3n) is 6.81. The second kappa shape index (κ2) is 11.7. The highest BCUT2D eigenvalue weighted by Gasteiger charge is 2.14. The van der Waals surface area contributed by atoms with Gasteiger partial charge in [-0.2, -0.15) is 9.61 Å². The topological polar surface area (TPSA) is 91.5 Å². The Balaban J connectivity index is 1.10. The molecule has 0 saturated carbocycles. The van der Waals surface area contributed by atoms with Crippen LogP contribution in [0.4, 0.5) is 5.82 Å². The average Bonchev–Trinajstić information content (AvgIpc) is 3.40. The van der Waals surface area contributed by atoms with E-state index >= 15 is 0 Å². The van der Waals surface area contributed by atoms with Crippen LogP contribution in [0, 0.1) is 0 Å². The zero-order valence-electron chi connectivity index (χ0n) is 22.0. The first-order chi connectivity index (χ1) is 20.0. The largest absolute Gasteiger partial charge is 0.507 e. The lowest BCUT2D eigenvalue weighted by Crippen LogP contribution is -2.22. The van der Waals surface area contributed by atoms with Gasteiger partial charge in [0.15, 0.2) is 5.65 Å². The molecule has 0 aliphatic carbocycles. The Bertz CT molecular complexity index is 1820. The van der Waals surface area contributed by atoms with Crippen molar-refractivity contribution in [1.29, 1.82) is 0 Å². The smallest absolute Gasteiger partial charge is 0.251 e. The van der Waals surface area contributed by atoms with E-state index in [0.717, 1.165) is 32.5 Å². The Morgan fingerprint density at radius 3 is 2.20 bits per heavy atom. The van der Waals surface area contributed by atoms with Crippen LogP contribution in [-0.2, 0) is 13.1 Å². The third-order valence-corrected chi connectivity index (χ3v) is 7.37. The lowest BCUT2D eigenvalue weighted by atomic mass is 10.0. The van der Waals surface area contributed by atoms with Crippen LogP contribution >= 0.6 is 15.9 Å². The molecule has 3 N–H and O–H groups in total. The van der Waals surface area contributed by atoms with Crippen molar-refractivity contribution in [3.63, 3.8) is 0 Å². The van der Waals surface area contributed by atoms with Crippen LogP contribution in [0.1, 0.15) is 21.5 Å². The van der Waals surface area contributed by atoms with Gasteiger partial charge in [-0.15, -0.1) is 0 Å². The van der Waals surface area contributed by atoms with E-state index in [9.17, 15) is 9.90 Å². The van der Waals surface area contributed by atoms with E-state index in [0.29, 0.717) is 35.6 Å². The summed E-state index contributed by atoms with van der Waals surface area (Å²) in [6.07, 6.45) is 1.70. The maximum absolute atomic E-state index is 12.7. The average molecular weight is 605 g/mol. The molecule has 1 amide bonds. The fraction of sp³-hybridized carbons (Fsp3) is 0.0606. The molecule has 0 aliphatic rings. The van der Waals surface area contributed by atoms with Crippen molar-refractivity contribution in [1.82, 2.24) is 19.9 Å².